The molecule has 0 atom stereocenters. The minimum absolute atomic E-state index is 0.863. The number of anilines is 2. The zero-order valence-corrected chi connectivity index (χ0v) is 25.3. The van der Waals surface area contributed by atoms with E-state index >= 15 is 0 Å². The van der Waals surface area contributed by atoms with E-state index in [1.807, 2.05) is 12.1 Å². The smallest absolute Gasteiger partial charge is 0.176 e. The summed E-state index contributed by atoms with van der Waals surface area (Å²) in [6, 6.07) is 41.9. The fourth-order valence-corrected chi connectivity index (χ4v) is 6.85. The van der Waals surface area contributed by atoms with E-state index in [-0.39, 0.29) is 0 Å². The Hall–Kier alpha value is -3.75. The predicted molar refractivity (Wildman–Crippen MR) is 170 cm³/mol. The lowest BCUT2D eigenvalue weighted by Crippen LogP contribution is -2.45. The second-order valence-corrected chi connectivity index (χ2v) is 20.8. The first-order chi connectivity index (χ1) is 18.1. The summed E-state index contributed by atoms with van der Waals surface area (Å²) in [7, 11) is -3.85. The third kappa shape index (κ3) is 6.76. The molecular formula is C32H38N4Si2. The molecule has 4 nitrogen and oxygen atoms in total. The summed E-state index contributed by atoms with van der Waals surface area (Å²) in [6.45, 7) is 13.9. The van der Waals surface area contributed by atoms with E-state index in [0.29, 0.717) is 0 Å². The monoisotopic (exact) mass is 534 g/mol. The zero-order valence-electron chi connectivity index (χ0n) is 23.3. The molecule has 0 amide bonds. The van der Waals surface area contributed by atoms with E-state index in [4.69, 9.17) is 10.2 Å². The molecule has 0 spiro atoms. The first-order valence-electron chi connectivity index (χ1n) is 13.1. The van der Waals surface area contributed by atoms with Crippen molar-refractivity contribution in [2.75, 3.05) is 9.35 Å². The van der Waals surface area contributed by atoms with Crippen LogP contribution >= 0.6 is 0 Å². The van der Waals surface area contributed by atoms with Gasteiger partial charge in [-0.2, -0.15) is 10.2 Å². The third-order valence-electron chi connectivity index (χ3n) is 5.99. The second kappa shape index (κ2) is 11.8. The number of hydrazone groups is 2. The van der Waals surface area contributed by atoms with Gasteiger partial charge in [-0.1, -0.05) is 97.1 Å². The molecule has 0 heterocycles. The number of nitrogens with zero attached hydrogens (tertiary/aromatic N) is 4. The Morgan fingerprint density at radius 3 is 0.947 bits per heavy atom. The maximum Gasteiger partial charge on any atom is 0.176 e. The molecule has 0 aliphatic carbocycles. The zero-order chi connectivity index (χ0) is 27.2. The molecule has 0 saturated carbocycles. The summed E-state index contributed by atoms with van der Waals surface area (Å²) in [4.78, 5) is 0. The van der Waals surface area contributed by atoms with E-state index in [9.17, 15) is 0 Å². The lowest BCUT2D eigenvalue weighted by molar-refractivity contribution is 1.11. The maximum absolute atomic E-state index is 5.46. The van der Waals surface area contributed by atoms with Gasteiger partial charge in [-0.25, -0.2) is 0 Å². The summed E-state index contributed by atoms with van der Waals surface area (Å²) >= 11 is 0. The van der Waals surface area contributed by atoms with Crippen LogP contribution in [0.25, 0.3) is 0 Å². The van der Waals surface area contributed by atoms with Gasteiger partial charge < -0.3 is 0 Å². The Balaban J connectivity index is 2.03. The first kappa shape index (κ1) is 27.3. The quantitative estimate of drug-likeness (QED) is 0.122. The normalized spacial score (nSPS) is 12.8. The van der Waals surface area contributed by atoms with Crippen LogP contribution in [-0.2, 0) is 0 Å². The van der Waals surface area contributed by atoms with Crippen LogP contribution in [0.2, 0.25) is 39.3 Å². The molecule has 4 aromatic carbocycles. The third-order valence-corrected chi connectivity index (χ3v) is 9.25. The van der Waals surface area contributed by atoms with Gasteiger partial charge in [-0.15, -0.1) is 0 Å². The highest BCUT2D eigenvalue weighted by Gasteiger charge is 2.29. The maximum atomic E-state index is 5.46. The molecular weight excluding hydrogens is 497 g/mol. The minimum atomic E-state index is -1.92. The standard InChI is InChI=1S/C32H38N4Si2/c1-37(2,3)35(29-23-15-9-16-24-29)33-31(27-19-11-7-12-20-27)32(28-21-13-8-14-22-28)34-36(38(4,5)6)30-25-17-10-18-26-30/h7-26H,1-6H3/b33-31+,34-32+. The number of para-hydroxylation sites is 2. The molecule has 0 saturated heterocycles. The van der Waals surface area contributed by atoms with E-state index in [1.54, 1.807) is 0 Å². The molecule has 4 rings (SSSR count). The molecule has 6 heteroatoms. The Morgan fingerprint density at radius 2 is 0.684 bits per heavy atom. The fourth-order valence-electron chi connectivity index (χ4n) is 4.20. The average Bonchev–Trinajstić information content (AvgIpc) is 2.91. The molecule has 0 N–H and O–H groups in total. The van der Waals surface area contributed by atoms with Crippen molar-refractivity contribution in [3.05, 3.63) is 132 Å². The molecule has 0 fully saturated rings. The van der Waals surface area contributed by atoms with Gasteiger partial charge in [-0.3, -0.25) is 9.35 Å². The Kier molecular flexibility index (Phi) is 8.44. The van der Waals surface area contributed by atoms with Crippen molar-refractivity contribution >= 4 is 39.3 Å². The highest BCUT2D eigenvalue weighted by atomic mass is 28.3. The molecule has 38 heavy (non-hydrogen) atoms. The number of hydrogen-bond acceptors (Lipinski definition) is 4. The average molecular weight is 535 g/mol. The van der Waals surface area contributed by atoms with Crippen molar-refractivity contribution in [1.82, 2.24) is 0 Å². The molecule has 0 aliphatic rings. The van der Waals surface area contributed by atoms with Gasteiger partial charge in [-0.05, 0) is 63.5 Å². The van der Waals surface area contributed by atoms with Crippen molar-refractivity contribution in [3.63, 3.8) is 0 Å². The molecule has 0 aromatic heterocycles. The van der Waals surface area contributed by atoms with E-state index in [1.165, 1.54) is 0 Å². The van der Waals surface area contributed by atoms with Crippen LogP contribution in [0, 0.1) is 0 Å². The summed E-state index contributed by atoms with van der Waals surface area (Å²) in [5.41, 5.74) is 6.00. The van der Waals surface area contributed by atoms with Crippen LogP contribution in [-0.4, -0.2) is 27.9 Å². The summed E-state index contributed by atoms with van der Waals surface area (Å²) in [6.07, 6.45) is 0. The molecule has 0 radical (unpaired) electrons. The molecule has 194 valence electrons. The summed E-state index contributed by atoms with van der Waals surface area (Å²) in [5, 5.41) is 10.9. The van der Waals surface area contributed by atoms with Crippen LogP contribution in [0.1, 0.15) is 11.1 Å². The molecule has 0 aliphatic heterocycles. The van der Waals surface area contributed by atoms with Crippen molar-refractivity contribution in [3.8, 4) is 0 Å². The number of benzene rings is 4. The van der Waals surface area contributed by atoms with E-state index in [2.05, 4.69) is 158 Å². The van der Waals surface area contributed by atoms with Crippen molar-refractivity contribution < 1.29 is 0 Å². The summed E-state index contributed by atoms with van der Waals surface area (Å²) in [5.74, 6) is 0. The number of hydrogen-bond donors (Lipinski definition) is 0. The van der Waals surface area contributed by atoms with Gasteiger partial charge in [0.05, 0.1) is 0 Å². The van der Waals surface area contributed by atoms with Gasteiger partial charge in [0.2, 0.25) is 0 Å². The van der Waals surface area contributed by atoms with Crippen molar-refractivity contribution in [1.29, 1.82) is 0 Å². The van der Waals surface area contributed by atoms with Gasteiger partial charge in [0.25, 0.3) is 0 Å². The van der Waals surface area contributed by atoms with Gasteiger partial charge in [0.1, 0.15) is 11.4 Å². The highest BCUT2D eigenvalue weighted by molar-refractivity contribution is 6.80. The minimum Gasteiger partial charge on any atom is -0.295 e. The highest BCUT2D eigenvalue weighted by Crippen LogP contribution is 2.26. The Bertz CT molecular complexity index is 1250. The topological polar surface area (TPSA) is 31.2 Å². The Labute approximate surface area is 230 Å². The molecule has 0 unspecified atom stereocenters. The van der Waals surface area contributed by atoms with Gasteiger partial charge in [0.15, 0.2) is 16.5 Å². The predicted octanol–water partition coefficient (Wildman–Crippen LogP) is 8.48. The van der Waals surface area contributed by atoms with Crippen LogP contribution in [0.15, 0.2) is 132 Å². The Morgan fingerprint density at radius 1 is 0.421 bits per heavy atom. The molecule has 4 aromatic rings. The van der Waals surface area contributed by atoms with E-state index in [0.717, 1.165) is 33.9 Å². The summed E-state index contributed by atoms with van der Waals surface area (Å²) < 4.78 is 4.49. The lowest BCUT2D eigenvalue weighted by Gasteiger charge is -2.34. The van der Waals surface area contributed by atoms with Crippen molar-refractivity contribution in [2.45, 2.75) is 39.3 Å². The number of rotatable bonds is 9. The first-order valence-corrected chi connectivity index (χ1v) is 20.0. The SMILES string of the molecule is C[Si](C)(C)N(/N=C(/C(=N/N(c1ccccc1)[Si](C)(C)C)c1ccccc1)c1ccccc1)c1ccccc1. The van der Waals surface area contributed by atoms with Gasteiger partial charge >= 0.3 is 0 Å². The van der Waals surface area contributed by atoms with Crippen LogP contribution < -0.4 is 9.35 Å². The second-order valence-electron chi connectivity index (χ2n) is 11.3. The largest absolute Gasteiger partial charge is 0.295 e. The van der Waals surface area contributed by atoms with Crippen molar-refractivity contribution in [2.24, 2.45) is 10.2 Å². The van der Waals surface area contributed by atoms with Crippen LogP contribution in [0.5, 0.6) is 0 Å². The molecule has 0 bridgehead atoms. The van der Waals surface area contributed by atoms with Gasteiger partial charge in [0, 0.05) is 22.5 Å². The fraction of sp³-hybridized carbons (Fsp3) is 0.188. The van der Waals surface area contributed by atoms with Crippen LogP contribution in [0.3, 0.4) is 0 Å². The van der Waals surface area contributed by atoms with Crippen LogP contribution in [0.4, 0.5) is 11.4 Å². The lowest BCUT2D eigenvalue weighted by atomic mass is 10.00. The van der Waals surface area contributed by atoms with E-state index < -0.39 is 16.5 Å².